The Morgan fingerprint density at radius 3 is 2.64 bits per heavy atom. The highest BCUT2D eigenvalue weighted by molar-refractivity contribution is 14.1. The van der Waals surface area contributed by atoms with Gasteiger partial charge in [-0.1, -0.05) is 13.8 Å². The molecule has 22 heavy (non-hydrogen) atoms. The van der Waals surface area contributed by atoms with Gasteiger partial charge in [0.25, 0.3) is 5.91 Å². The number of amides is 1. The first kappa shape index (κ1) is 21.4. The summed E-state index contributed by atoms with van der Waals surface area (Å²) in [6, 6.07) is 5.88. The maximum absolute atomic E-state index is 12.0. The minimum absolute atomic E-state index is 0. The third-order valence-electron chi connectivity index (χ3n) is 3.27. The first-order chi connectivity index (χ1) is 9.63. The Morgan fingerprint density at radius 1 is 1.32 bits per heavy atom. The van der Waals surface area contributed by atoms with Crippen molar-refractivity contribution in [2.24, 2.45) is 0 Å². The summed E-state index contributed by atoms with van der Waals surface area (Å²) < 4.78 is 1.12. The predicted molar refractivity (Wildman–Crippen MR) is 103 cm³/mol. The summed E-state index contributed by atoms with van der Waals surface area (Å²) in [6.07, 6.45) is 0. The number of rotatable bonds is 6. The number of nitrogens with one attached hydrogen (secondary N) is 2. The van der Waals surface area contributed by atoms with E-state index in [0.29, 0.717) is 12.4 Å². The molecular formula is C14H21Cl2IN4O. The second kappa shape index (κ2) is 10.3. The fourth-order valence-corrected chi connectivity index (χ4v) is 2.53. The number of likely N-dealkylation sites (N-methyl/N-ethyl adjacent to an activating group) is 1. The van der Waals surface area contributed by atoms with Gasteiger partial charge in [-0.3, -0.25) is 4.79 Å². The maximum atomic E-state index is 12.0. The summed E-state index contributed by atoms with van der Waals surface area (Å²) in [5, 5.41) is 2.90. The van der Waals surface area contributed by atoms with Crippen molar-refractivity contribution in [2.75, 3.05) is 26.2 Å². The molecule has 2 aromatic rings. The molecule has 1 amide bonds. The Balaban J connectivity index is 0.00000220. The van der Waals surface area contributed by atoms with Gasteiger partial charge < -0.3 is 15.2 Å². The Kier molecular flexibility index (Phi) is 9.99. The zero-order valence-corrected chi connectivity index (χ0v) is 16.3. The van der Waals surface area contributed by atoms with E-state index in [1.54, 1.807) is 0 Å². The van der Waals surface area contributed by atoms with Crippen LogP contribution in [0.5, 0.6) is 0 Å². The van der Waals surface area contributed by atoms with E-state index in [1.165, 1.54) is 0 Å². The van der Waals surface area contributed by atoms with Crippen LogP contribution in [0.25, 0.3) is 11.0 Å². The number of hydrogen-bond donors (Lipinski definition) is 2. The molecule has 0 aliphatic rings. The number of aromatic amines is 1. The van der Waals surface area contributed by atoms with Gasteiger partial charge >= 0.3 is 0 Å². The van der Waals surface area contributed by atoms with Gasteiger partial charge in [-0.15, -0.1) is 24.8 Å². The number of hydrogen-bond acceptors (Lipinski definition) is 3. The molecule has 1 aromatic heterocycles. The van der Waals surface area contributed by atoms with E-state index in [-0.39, 0.29) is 30.7 Å². The zero-order valence-electron chi connectivity index (χ0n) is 12.6. The van der Waals surface area contributed by atoms with E-state index in [1.807, 2.05) is 18.2 Å². The normalized spacial score (nSPS) is 10.2. The highest BCUT2D eigenvalue weighted by Crippen LogP contribution is 2.15. The number of fused-ring (bicyclic) bond motifs is 1. The van der Waals surface area contributed by atoms with Crippen molar-refractivity contribution >= 4 is 64.3 Å². The number of halogens is 3. The predicted octanol–water partition coefficient (Wildman–Crippen LogP) is 3.08. The van der Waals surface area contributed by atoms with Gasteiger partial charge in [0.1, 0.15) is 0 Å². The van der Waals surface area contributed by atoms with E-state index < -0.39 is 0 Å². The summed E-state index contributed by atoms with van der Waals surface area (Å²) in [5.74, 6) is 0.227. The molecule has 0 unspecified atom stereocenters. The first-order valence-corrected chi connectivity index (χ1v) is 7.87. The minimum atomic E-state index is -0.150. The lowest BCUT2D eigenvalue weighted by atomic mass is 10.3. The van der Waals surface area contributed by atoms with Gasteiger partial charge in [-0.25, -0.2) is 4.98 Å². The van der Waals surface area contributed by atoms with Crippen LogP contribution in [0.2, 0.25) is 0 Å². The third-order valence-corrected chi connectivity index (χ3v) is 3.94. The van der Waals surface area contributed by atoms with Crippen LogP contribution in [0.3, 0.4) is 0 Å². The number of nitrogens with zero attached hydrogens (tertiary/aromatic N) is 2. The molecule has 8 heteroatoms. The van der Waals surface area contributed by atoms with Crippen LogP contribution in [-0.2, 0) is 0 Å². The summed E-state index contributed by atoms with van der Waals surface area (Å²) >= 11 is 2.24. The quantitative estimate of drug-likeness (QED) is 0.654. The lowest BCUT2D eigenvalue weighted by Gasteiger charge is -2.17. The van der Waals surface area contributed by atoms with Gasteiger partial charge in [0.15, 0.2) is 5.82 Å². The molecule has 0 spiro atoms. The summed E-state index contributed by atoms with van der Waals surface area (Å²) in [6.45, 7) is 7.72. The Bertz CT molecular complexity index is 602. The highest BCUT2D eigenvalue weighted by Gasteiger charge is 2.11. The monoisotopic (exact) mass is 458 g/mol. The maximum Gasteiger partial charge on any atom is 0.287 e. The standard InChI is InChI=1S/C14H19IN4O.2ClH/c1-3-19(4-2)8-7-16-14(20)13-17-11-6-5-10(15)9-12(11)18-13;;/h5-6,9H,3-4,7-8H2,1-2H3,(H,16,20)(H,17,18);2*1H. The van der Waals surface area contributed by atoms with Crippen molar-refractivity contribution in [2.45, 2.75) is 13.8 Å². The Hall–Kier alpha value is -0.570. The molecule has 0 atom stereocenters. The zero-order chi connectivity index (χ0) is 14.5. The van der Waals surface area contributed by atoms with Crippen LogP contribution in [0, 0.1) is 3.57 Å². The van der Waals surface area contributed by atoms with Crippen LogP contribution >= 0.6 is 47.4 Å². The van der Waals surface area contributed by atoms with E-state index in [0.717, 1.165) is 34.2 Å². The molecule has 124 valence electrons. The fourth-order valence-electron chi connectivity index (χ4n) is 2.04. The molecule has 0 radical (unpaired) electrons. The van der Waals surface area contributed by atoms with Gasteiger partial charge in [-0.2, -0.15) is 0 Å². The molecule has 0 bridgehead atoms. The number of imidazole rings is 1. The molecule has 5 nitrogen and oxygen atoms in total. The fraction of sp³-hybridized carbons (Fsp3) is 0.429. The number of carbonyl (C=O) groups excluding carboxylic acids is 1. The van der Waals surface area contributed by atoms with Crippen LogP contribution in [0.1, 0.15) is 24.5 Å². The van der Waals surface area contributed by atoms with Crippen molar-refractivity contribution in [3.05, 3.63) is 27.6 Å². The summed E-state index contributed by atoms with van der Waals surface area (Å²) in [4.78, 5) is 21.7. The molecule has 2 rings (SSSR count). The molecule has 0 saturated heterocycles. The molecule has 0 saturated carbocycles. The summed E-state index contributed by atoms with van der Waals surface area (Å²) in [7, 11) is 0. The second-order valence-corrected chi connectivity index (χ2v) is 5.78. The Labute approximate surface area is 156 Å². The number of benzene rings is 1. The van der Waals surface area contributed by atoms with Crippen LogP contribution in [-0.4, -0.2) is 47.0 Å². The van der Waals surface area contributed by atoms with Gasteiger partial charge in [-0.05, 0) is 53.9 Å². The molecule has 1 aromatic carbocycles. The number of aromatic nitrogens is 2. The molecular weight excluding hydrogens is 438 g/mol. The van der Waals surface area contributed by atoms with Crippen LogP contribution in [0.4, 0.5) is 0 Å². The average Bonchev–Trinajstić information content (AvgIpc) is 2.86. The highest BCUT2D eigenvalue weighted by atomic mass is 127. The van der Waals surface area contributed by atoms with E-state index in [2.05, 4.69) is 56.6 Å². The van der Waals surface area contributed by atoms with Crippen molar-refractivity contribution in [1.29, 1.82) is 0 Å². The van der Waals surface area contributed by atoms with Gasteiger partial charge in [0.05, 0.1) is 11.0 Å². The lowest BCUT2D eigenvalue weighted by molar-refractivity contribution is 0.0940. The largest absolute Gasteiger partial charge is 0.348 e. The van der Waals surface area contributed by atoms with Gasteiger partial charge in [0, 0.05) is 16.7 Å². The molecule has 0 aliphatic carbocycles. The molecule has 0 fully saturated rings. The smallest absolute Gasteiger partial charge is 0.287 e. The topological polar surface area (TPSA) is 61.0 Å². The molecule has 1 heterocycles. The number of carbonyl (C=O) groups is 1. The first-order valence-electron chi connectivity index (χ1n) is 6.79. The van der Waals surface area contributed by atoms with E-state index in [4.69, 9.17) is 0 Å². The Morgan fingerprint density at radius 2 is 2.00 bits per heavy atom. The van der Waals surface area contributed by atoms with Crippen LogP contribution in [0.15, 0.2) is 18.2 Å². The average molecular weight is 459 g/mol. The number of H-pyrrole nitrogens is 1. The van der Waals surface area contributed by atoms with Crippen molar-refractivity contribution in [3.8, 4) is 0 Å². The van der Waals surface area contributed by atoms with Crippen molar-refractivity contribution < 1.29 is 4.79 Å². The van der Waals surface area contributed by atoms with E-state index in [9.17, 15) is 4.79 Å². The second-order valence-electron chi connectivity index (χ2n) is 4.53. The minimum Gasteiger partial charge on any atom is -0.348 e. The molecule has 2 N–H and O–H groups in total. The SMILES string of the molecule is CCN(CC)CCNC(=O)c1nc2ccc(I)cc2[nH]1.Cl.Cl. The van der Waals surface area contributed by atoms with E-state index >= 15 is 0 Å². The summed E-state index contributed by atoms with van der Waals surface area (Å²) in [5.41, 5.74) is 1.71. The molecule has 0 aliphatic heterocycles. The van der Waals surface area contributed by atoms with Crippen molar-refractivity contribution in [3.63, 3.8) is 0 Å². The van der Waals surface area contributed by atoms with Crippen molar-refractivity contribution in [1.82, 2.24) is 20.2 Å². The van der Waals surface area contributed by atoms with Crippen LogP contribution < -0.4 is 5.32 Å². The third kappa shape index (κ3) is 5.57. The van der Waals surface area contributed by atoms with Gasteiger partial charge in [0.2, 0.25) is 0 Å². The lowest BCUT2D eigenvalue weighted by Crippen LogP contribution is -2.35.